The molecule has 1 aliphatic rings. The number of hydrogen-bond donors (Lipinski definition) is 2. The first kappa shape index (κ1) is 36.8. The number of para-hydroxylation sites is 1. The van der Waals surface area contributed by atoms with Gasteiger partial charge in [0, 0.05) is 29.4 Å². The standard InChI is InChI=1S/C38H40N6O9/c1-23(27-17-25(15-16-28(27)44(48)49)24-11-7-5-8-12-24)19-51-36(47)53-38(37(2,3)4,30(46)20-50-26-13-9-6-10-14-26)33-29(45)18-31(52-33)43-22-42-32-34(39)40-21-41-35(32)43/h5-17,21-23,29,31,33,45H,18-20H2,1-4H3,(H2,39,40,41)/t23?,29-,31+,33-,38?/m0/s1. The molecule has 15 heteroatoms. The van der Waals surface area contributed by atoms with Crippen LogP contribution in [0.2, 0.25) is 0 Å². The fourth-order valence-electron chi connectivity index (χ4n) is 6.69. The number of nitrogens with two attached hydrogens (primary N) is 1. The molecule has 0 bridgehead atoms. The molecule has 1 fully saturated rings. The lowest BCUT2D eigenvalue weighted by molar-refractivity contribution is -0.385. The Morgan fingerprint density at radius 3 is 2.42 bits per heavy atom. The number of rotatable bonds is 12. The number of aliphatic hydroxyl groups is 1. The quantitative estimate of drug-likeness (QED) is 0.0859. The smallest absolute Gasteiger partial charge is 0.486 e. The van der Waals surface area contributed by atoms with Crippen molar-refractivity contribution in [3.8, 4) is 16.9 Å². The number of aliphatic hydroxyl groups excluding tert-OH is 1. The van der Waals surface area contributed by atoms with Crippen LogP contribution < -0.4 is 10.5 Å². The van der Waals surface area contributed by atoms with Gasteiger partial charge in [-0.1, -0.05) is 76.2 Å². The van der Waals surface area contributed by atoms with Gasteiger partial charge in [0.05, 0.1) is 17.4 Å². The van der Waals surface area contributed by atoms with Crippen LogP contribution in [0.25, 0.3) is 22.3 Å². The monoisotopic (exact) mass is 724 g/mol. The zero-order valence-electron chi connectivity index (χ0n) is 29.6. The Morgan fingerprint density at radius 1 is 1.04 bits per heavy atom. The van der Waals surface area contributed by atoms with Crippen molar-refractivity contribution in [3.05, 3.63) is 107 Å². The summed E-state index contributed by atoms with van der Waals surface area (Å²) in [6.07, 6.45) is -2.19. The van der Waals surface area contributed by atoms with E-state index in [1.54, 1.807) is 74.7 Å². The zero-order valence-corrected chi connectivity index (χ0v) is 29.6. The van der Waals surface area contributed by atoms with Crippen LogP contribution in [0.15, 0.2) is 91.5 Å². The number of carbonyl (C=O) groups is 2. The highest BCUT2D eigenvalue weighted by Crippen LogP contribution is 2.47. The fraction of sp³-hybridized carbons (Fsp3) is 0.342. The van der Waals surface area contributed by atoms with Gasteiger partial charge in [-0.2, -0.15) is 0 Å². The Hall–Kier alpha value is -5.93. The van der Waals surface area contributed by atoms with E-state index < -0.39 is 58.8 Å². The Bertz CT molecular complexity index is 2100. The maximum atomic E-state index is 14.5. The van der Waals surface area contributed by atoms with Gasteiger partial charge in [0.25, 0.3) is 5.69 Å². The molecule has 3 aromatic carbocycles. The number of nitrogens with zero attached hydrogens (tertiary/aromatic N) is 5. The number of nitro groups is 1. The number of nitro benzene ring substituents is 1. The molecule has 15 nitrogen and oxygen atoms in total. The minimum atomic E-state index is -2.17. The van der Waals surface area contributed by atoms with Gasteiger partial charge in [-0.25, -0.2) is 19.7 Å². The van der Waals surface area contributed by atoms with Gasteiger partial charge >= 0.3 is 6.16 Å². The van der Waals surface area contributed by atoms with Crippen molar-refractivity contribution in [2.24, 2.45) is 5.41 Å². The number of carbonyl (C=O) groups excluding carboxylic acids is 2. The van der Waals surface area contributed by atoms with Gasteiger partial charge in [0.2, 0.25) is 11.4 Å². The first-order valence-corrected chi connectivity index (χ1v) is 17.0. The number of ether oxygens (including phenoxy) is 4. The van der Waals surface area contributed by atoms with Crippen molar-refractivity contribution in [2.45, 2.75) is 64.1 Å². The predicted octanol–water partition coefficient (Wildman–Crippen LogP) is 6.02. The highest BCUT2D eigenvalue weighted by molar-refractivity contribution is 5.92. The van der Waals surface area contributed by atoms with Crippen LogP contribution >= 0.6 is 0 Å². The maximum Gasteiger partial charge on any atom is 0.509 e. The fourth-order valence-corrected chi connectivity index (χ4v) is 6.69. The summed E-state index contributed by atoms with van der Waals surface area (Å²) >= 11 is 0. The summed E-state index contributed by atoms with van der Waals surface area (Å²) in [4.78, 5) is 52.3. The van der Waals surface area contributed by atoms with Crippen LogP contribution in [-0.4, -0.2) is 72.5 Å². The highest BCUT2D eigenvalue weighted by Gasteiger charge is 2.63. The Morgan fingerprint density at radius 2 is 1.74 bits per heavy atom. The first-order valence-electron chi connectivity index (χ1n) is 17.0. The van der Waals surface area contributed by atoms with Gasteiger partial charge in [-0.3, -0.25) is 19.5 Å². The molecule has 6 rings (SSSR count). The second kappa shape index (κ2) is 15.0. The number of nitrogen functional groups attached to an aromatic ring is 1. The molecule has 0 aliphatic carbocycles. The maximum absolute atomic E-state index is 14.5. The molecule has 53 heavy (non-hydrogen) atoms. The number of ketones is 1. The Kier molecular flexibility index (Phi) is 10.4. The third kappa shape index (κ3) is 7.39. The molecule has 0 amide bonds. The van der Waals surface area contributed by atoms with Crippen LogP contribution in [0.3, 0.4) is 0 Å². The van der Waals surface area contributed by atoms with E-state index >= 15 is 0 Å². The SMILES string of the molecule is CC(COC(=O)OC(C(=O)COc1ccccc1)([C@H]1O[C@@H](n2cnc3c(N)ncnc32)C[C@@H]1O)C(C)(C)C)c1cc(-c2ccccc2)ccc1[N+](=O)[O-]. The van der Waals surface area contributed by atoms with E-state index in [0.717, 1.165) is 11.1 Å². The molecule has 5 atom stereocenters. The van der Waals surface area contributed by atoms with Crippen molar-refractivity contribution in [2.75, 3.05) is 18.9 Å². The van der Waals surface area contributed by atoms with Gasteiger partial charge in [-0.05, 0) is 35.4 Å². The van der Waals surface area contributed by atoms with Gasteiger partial charge in [0.1, 0.15) is 36.5 Å². The molecule has 0 radical (unpaired) electrons. The summed E-state index contributed by atoms with van der Waals surface area (Å²) in [7, 11) is 0. The minimum absolute atomic E-state index is 0.0262. The molecule has 0 saturated carbocycles. The van der Waals surface area contributed by atoms with E-state index in [-0.39, 0.29) is 24.5 Å². The summed E-state index contributed by atoms with van der Waals surface area (Å²) in [6.45, 7) is 5.83. The number of hydrogen-bond acceptors (Lipinski definition) is 13. The third-order valence-electron chi connectivity index (χ3n) is 9.39. The van der Waals surface area contributed by atoms with Crippen LogP contribution in [-0.2, 0) is 19.0 Å². The first-order chi connectivity index (χ1) is 25.3. The van der Waals surface area contributed by atoms with Crippen molar-refractivity contribution in [1.29, 1.82) is 0 Å². The molecule has 1 aliphatic heterocycles. The normalized spacial score (nSPS) is 18.9. The van der Waals surface area contributed by atoms with E-state index in [4.69, 9.17) is 24.7 Å². The van der Waals surface area contributed by atoms with Crippen molar-refractivity contribution < 1.29 is 38.6 Å². The molecule has 2 unspecified atom stereocenters. The van der Waals surface area contributed by atoms with E-state index in [9.17, 15) is 24.8 Å². The van der Waals surface area contributed by atoms with E-state index in [1.807, 2.05) is 30.3 Å². The van der Waals surface area contributed by atoms with Gasteiger partial charge < -0.3 is 29.8 Å². The Labute approximate surface area is 304 Å². The molecule has 0 spiro atoms. The van der Waals surface area contributed by atoms with Crippen LogP contribution in [0.1, 0.15) is 51.8 Å². The molecule has 276 valence electrons. The lowest BCUT2D eigenvalue weighted by atomic mass is 9.69. The third-order valence-corrected chi connectivity index (χ3v) is 9.39. The minimum Gasteiger partial charge on any atom is -0.486 e. The van der Waals surface area contributed by atoms with Crippen LogP contribution in [0.4, 0.5) is 16.3 Å². The second-order valence-corrected chi connectivity index (χ2v) is 13.9. The van der Waals surface area contributed by atoms with E-state index in [0.29, 0.717) is 22.5 Å². The van der Waals surface area contributed by atoms with Crippen LogP contribution in [0.5, 0.6) is 5.75 Å². The predicted molar refractivity (Wildman–Crippen MR) is 193 cm³/mol. The lowest BCUT2D eigenvalue weighted by Gasteiger charge is -2.46. The molecule has 2 aromatic heterocycles. The largest absolute Gasteiger partial charge is 0.509 e. The molecule has 3 N–H and O–H groups in total. The topological polar surface area (TPSA) is 204 Å². The van der Waals surface area contributed by atoms with E-state index in [1.165, 1.54) is 18.7 Å². The van der Waals surface area contributed by atoms with Crippen LogP contribution in [0, 0.1) is 15.5 Å². The average Bonchev–Trinajstić information content (AvgIpc) is 3.76. The van der Waals surface area contributed by atoms with Crippen molar-refractivity contribution in [1.82, 2.24) is 19.5 Å². The lowest BCUT2D eigenvalue weighted by Crippen LogP contribution is -2.65. The zero-order chi connectivity index (χ0) is 37.9. The summed E-state index contributed by atoms with van der Waals surface area (Å²) < 4.78 is 25.5. The second-order valence-electron chi connectivity index (χ2n) is 13.9. The number of benzene rings is 3. The summed E-state index contributed by atoms with van der Waals surface area (Å²) in [6, 6.07) is 22.8. The number of aromatic nitrogens is 4. The molecular weight excluding hydrogens is 684 g/mol. The molecular formula is C38H40N6O9. The Balaban J connectivity index is 1.29. The molecule has 5 aromatic rings. The number of imidazole rings is 1. The molecule has 1 saturated heterocycles. The number of anilines is 1. The average molecular weight is 725 g/mol. The van der Waals surface area contributed by atoms with Crippen molar-refractivity contribution >= 4 is 34.6 Å². The van der Waals surface area contributed by atoms with Crippen molar-refractivity contribution in [3.63, 3.8) is 0 Å². The van der Waals surface area contributed by atoms with Gasteiger partial charge in [0.15, 0.2) is 18.1 Å². The summed E-state index contributed by atoms with van der Waals surface area (Å²) in [5.74, 6) is -0.808. The highest BCUT2D eigenvalue weighted by atomic mass is 16.7. The summed E-state index contributed by atoms with van der Waals surface area (Å²) in [5, 5.41) is 23.6. The van der Waals surface area contributed by atoms with Gasteiger partial charge in [-0.15, -0.1) is 0 Å². The van der Waals surface area contributed by atoms with E-state index in [2.05, 4.69) is 15.0 Å². The number of fused-ring (bicyclic) bond motifs is 1. The molecule has 3 heterocycles. The summed E-state index contributed by atoms with van der Waals surface area (Å²) in [5.41, 5.74) is 5.09. The number of Topliss-reactive ketones (excluding diaryl/α,β-unsaturated/α-hetero) is 1.